The van der Waals surface area contributed by atoms with Gasteiger partial charge in [0.1, 0.15) is 0 Å². The SMILES string of the molecule is CCOC(=O)C1CN(C)CC1c1ccc(C=CC(=O)Nc2ccccc2NC2OC2OC(C)(C)C)cn1. The summed E-state index contributed by atoms with van der Waals surface area (Å²) >= 11 is 0. The minimum atomic E-state index is -0.323. The number of aromatic nitrogens is 1. The lowest BCUT2D eigenvalue weighted by Crippen LogP contribution is -2.24. The second-order valence-electron chi connectivity index (χ2n) is 10.4. The molecule has 9 heteroatoms. The van der Waals surface area contributed by atoms with Crippen LogP contribution in [0, 0.1) is 5.92 Å². The minimum absolute atomic E-state index is 0.0155. The summed E-state index contributed by atoms with van der Waals surface area (Å²) in [4.78, 5) is 31.7. The Kier molecular flexibility index (Phi) is 8.26. The first-order valence-electron chi connectivity index (χ1n) is 12.6. The second-order valence-corrected chi connectivity index (χ2v) is 10.4. The molecule has 1 aromatic heterocycles. The zero-order chi connectivity index (χ0) is 26.6. The molecule has 2 aromatic rings. The number of nitrogens with zero attached hydrogens (tertiary/aromatic N) is 2. The van der Waals surface area contributed by atoms with E-state index in [-0.39, 0.29) is 41.8 Å². The number of carbonyl (C=O) groups excluding carboxylic acids is 2. The first-order chi connectivity index (χ1) is 17.6. The fourth-order valence-electron chi connectivity index (χ4n) is 4.38. The summed E-state index contributed by atoms with van der Waals surface area (Å²) in [5.41, 5.74) is 2.73. The number of anilines is 2. The van der Waals surface area contributed by atoms with E-state index in [2.05, 4.69) is 20.5 Å². The topological polar surface area (TPSA) is 105 Å². The van der Waals surface area contributed by atoms with Crippen LogP contribution >= 0.6 is 0 Å². The molecule has 0 bridgehead atoms. The lowest BCUT2D eigenvalue weighted by molar-refractivity contribution is -0.148. The van der Waals surface area contributed by atoms with E-state index in [0.29, 0.717) is 18.8 Å². The number of likely N-dealkylation sites (N-methyl/N-ethyl adjacent to an activating group) is 1. The van der Waals surface area contributed by atoms with Gasteiger partial charge in [-0.1, -0.05) is 18.2 Å². The zero-order valence-electron chi connectivity index (χ0n) is 22.1. The summed E-state index contributed by atoms with van der Waals surface area (Å²) in [6.45, 7) is 9.51. The summed E-state index contributed by atoms with van der Waals surface area (Å²) in [6.07, 6.45) is 4.31. The number of likely N-dealkylation sites (tertiary alicyclic amines) is 1. The van der Waals surface area contributed by atoms with E-state index in [0.717, 1.165) is 23.5 Å². The number of hydrogen-bond acceptors (Lipinski definition) is 8. The molecular weight excluding hydrogens is 472 g/mol. The number of hydrogen-bond donors (Lipinski definition) is 2. The van der Waals surface area contributed by atoms with E-state index >= 15 is 0 Å². The van der Waals surface area contributed by atoms with Gasteiger partial charge in [-0.25, -0.2) is 0 Å². The van der Waals surface area contributed by atoms with Gasteiger partial charge in [0, 0.05) is 37.0 Å². The molecule has 4 unspecified atom stereocenters. The minimum Gasteiger partial charge on any atom is -0.466 e. The molecule has 0 radical (unpaired) electrons. The number of amides is 1. The molecule has 0 aliphatic carbocycles. The molecule has 2 saturated heterocycles. The highest BCUT2D eigenvalue weighted by atomic mass is 16.8. The van der Waals surface area contributed by atoms with E-state index < -0.39 is 0 Å². The predicted octanol–water partition coefficient (Wildman–Crippen LogP) is 3.85. The summed E-state index contributed by atoms with van der Waals surface area (Å²) in [6, 6.07) is 11.3. The smallest absolute Gasteiger partial charge is 0.310 e. The van der Waals surface area contributed by atoms with Crippen molar-refractivity contribution in [2.75, 3.05) is 37.4 Å². The van der Waals surface area contributed by atoms with Crippen LogP contribution in [0.25, 0.3) is 6.08 Å². The number of pyridine rings is 1. The normalized spacial score (nSPS) is 23.7. The van der Waals surface area contributed by atoms with Gasteiger partial charge in [0.15, 0.2) is 6.23 Å². The Balaban J connectivity index is 1.34. The highest BCUT2D eigenvalue weighted by Gasteiger charge is 2.43. The van der Waals surface area contributed by atoms with Crippen LogP contribution in [-0.2, 0) is 23.8 Å². The zero-order valence-corrected chi connectivity index (χ0v) is 22.1. The maximum absolute atomic E-state index is 12.6. The van der Waals surface area contributed by atoms with Crippen molar-refractivity contribution in [1.82, 2.24) is 9.88 Å². The number of epoxide rings is 1. The van der Waals surface area contributed by atoms with Gasteiger partial charge in [-0.15, -0.1) is 0 Å². The van der Waals surface area contributed by atoms with E-state index in [1.165, 1.54) is 6.08 Å². The largest absolute Gasteiger partial charge is 0.466 e. The number of esters is 1. The third-order valence-electron chi connectivity index (χ3n) is 6.11. The molecule has 9 nitrogen and oxygen atoms in total. The molecule has 4 rings (SSSR count). The summed E-state index contributed by atoms with van der Waals surface area (Å²) in [5, 5.41) is 6.17. The van der Waals surface area contributed by atoms with Crippen molar-refractivity contribution in [2.24, 2.45) is 5.92 Å². The predicted molar refractivity (Wildman–Crippen MR) is 142 cm³/mol. The maximum atomic E-state index is 12.6. The average molecular weight is 509 g/mol. The molecule has 2 aliphatic rings. The van der Waals surface area contributed by atoms with Gasteiger partial charge in [0.05, 0.1) is 29.5 Å². The van der Waals surface area contributed by atoms with Gasteiger partial charge in [0.25, 0.3) is 0 Å². The molecule has 37 heavy (non-hydrogen) atoms. The molecule has 1 aromatic carbocycles. The van der Waals surface area contributed by atoms with Gasteiger partial charge >= 0.3 is 5.97 Å². The first kappa shape index (κ1) is 26.8. The van der Waals surface area contributed by atoms with Crippen molar-refractivity contribution >= 4 is 29.3 Å². The van der Waals surface area contributed by atoms with Crippen molar-refractivity contribution < 1.29 is 23.8 Å². The summed E-state index contributed by atoms with van der Waals surface area (Å²) in [7, 11) is 1.99. The number of benzene rings is 1. The van der Waals surface area contributed by atoms with E-state index in [1.54, 1.807) is 12.3 Å². The molecule has 1 amide bonds. The van der Waals surface area contributed by atoms with Crippen LogP contribution in [0.2, 0.25) is 0 Å². The van der Waals surface area contributed by atoms with Crippen molar-refractivity contribution in [3.63, 3.8) is 0 Å². The van der Waals surface area contributed by atoms with Gasteiger partial charge in [0.2, 0.25) is 12.2 Å². The molecule has 0 saturated carbocycles. The standard InChI is InChI=1S/C28H36N4O5/c1-6-35-26(34)20-17-32(5)16-19(20)21-13-11-18(15-29-21)12-14-24(33)30-22-9-7-8-10-23(22)31-25-27(36-25)37-28(2,3)4/h7-15,19-20,25,27,31H,6,16-17H2,1-5H3,(H,30,33). The average Bonchev–Trinajstić information content (AvgIpc) is 3.42. The van der Waals surface area contributed by atoms with Crippen molar-refractivity contribution in [2.45, 2.75) is 51.7 Å². The van der Waals surface area contributed by atoms with Gasteiger partial charge < -0.3 is 29.7 Å². The molecule has 2 N–H and O–H groups in total. The lowest BCUT2D eigenvalue weighted by atomic mass is 9.92. The maximum Gasteiger partial charge on any atom is 0.310 e. The third kappa shape index (κ3) is 7.38. The third-order valence-corrected chi connectivity index (χ3v) is 6.11. The lowest BCUT2D eigenvalue weighted by Gasteiger charge is -2.17. The quantitative estimate of drug-likeness (QED) is 0.299. The van der Waals surface area contributed by atoms with Crippen molar-refractivity contribution in [3.8, 4) is 0 Å². The van der Waals surface area contributed by atoms with Crippen LogP contribution in [0.4, 0.5) is 11.4 Å². The molecule has 4 atom stereocenters. The van der Waals surface area contributed by atoms with Gasteiger partial charge in [-0.3, -0.25) is 14.6 Å². The van der Waals surface area contributed by atoms with Crippen LogP contribution < -0.4 is 10.6 Å². The van der Waals surface area contributed by atoms with Crippen LogP contribution in [0.1, 0.15) is 44.9 Å². The second kappa shape index (κ2) is 11.4. The highest BCUT2D eigenvalue weighted by Crippen LogP contribution is 2.33. The number of para-hydroxylation sites is 2. The Morgan fingerprint density at radius 2 is 1.92 bits per heavy atom. The van der Waals surface area contributed by atoms with Gasteiger partial charge in [-0.05, 0) is 64.6 Å². The van der Waals surface area contributed by atoms with Crippen LogP contribution in [-0.4, -0.2) is 66.6 Å². The Labute approximate surface area is 218 Å². The monoisotopic (exact) mass is 508 g/mol. The summed E-state index contributed by atoms with van der Waals surface area (Å²) in [5.74, 6) is -0.690. The van der Waals surface area contributed by atoms with Crippen molar-refractivity contribution in [1.29, 1.82) is 0 Å². The van der Waals surface area contributed by atoms with Gasteiger partial charge in [-0.2, -0.15) is 0 Å². The fraction of sp³-hybridized carbons (Fsp3) is 0.464. The molecule has 2 aliphatic heterocycles. The molecular formula is C28H36N4O5. The van der Waals surface area contributed by atoms with E-state index in [9.17, 15) is 9.59 Å². The number of carbonyl (C=O) groups is 2. The van der Waals surface area contributed by atoms with E-state index in [1.807, 2.05) is 71.1 Å². The van der Waals surface area contributed by atoms with Crippen molar-refractivity contribution in [3.05, 3.63) is 59.9 Å². The molecule has 3 heterocycles. The number of ether oxygens (including phenoxy) is 3. The molecule has 0 spiro atoms. The number of nitrogens with one attached hydrogen (secondary N) is 2. The Morgan fingerprint density at radius 1 is 1.16 bits per heavy atom. The van der Waals surface area contributed by atoms with E-state index in [4.69, 9.17) is 14.2 Å². The highest BCUT2D eigenvalue weighted by molar-refractivity contribution is 6.03. The number of rotatable bonds is 9. The van der Waals surface area contributed by atoms with Crippen LogP contribution in [0.15, 0.2) is 48.7 Å². The van der Waals surface area contributed by atoms with Crippen LogP contribution in [0.3, 0.4) is 0 Å². The van der Waals surface area contributed by atoms with Crippen LogP contribution in [0.5, 0.6) is 0 Å². The fourth-order valence-corrected chi connectivity index (χ4v) is 4.38. The summed E-state index contributed by atoms with van der Waals surface area (Å²) < 4.78 is 16.6. The molecule has 198 valence electrons. The molecule has 2 fully saturated rings. The Morgan fingerprint density at radius 3 is 2.59 bits per heavy atom. The Bertz CT molecular complexity index is 1130. The Hall–Kier alpha value is -3.27. The first-order valence-corrected chi connectivity index (χ1v) is 12.6.